The van der Waals surface area contributed by atoms with E-state index in [2.05, 4.69) is 8.92 Å². The van der Waals surface area contributed by atoms with Crippen LogP contribution in [0.1, 0.15) is 9.68 Å². The van der Waals surface area contributed by atoms with E-state index in [4.69, 9.17) is 14.4 Å². The molecule has 0 aliphatic heterocycles. The highest BCUT2D eigenvalue weighted by molar-refractivity contribution is 7.81. The van der Waals surface area contributed by atoms with E-state index in [-0.39, 0.29) is 5.75 Å². The van der Waals surface area contributed by atoms with Gasteiger partial charge in [0.1, 0.15) is 0 Å². The summed E-state index contributed by atoms with van der Waals surface area (Å²) in [5, 5.41) is 0. The van der Waals surface area contributed by atoms with Crippen LogP contribution in [0.2, 0.25) is 0 Å². The first-order valence-corrected chi connectivity index (χ1v) is 5.66. The standard InChI is InChI=1S/C9H13NO5S/c1-14-9-6-7(4-5-10)2-3-8(9)15-16(11,12)13/h2-3,6H,4-5,10H2,1H3,(H,11,12,13)/i1+1D3. The van der Waals surface area contributed by atoms with E-state index in [9.17, 15) is 8.42 Å². The predicted octanol–water partition coefficient (Wildman–Crippen LogP) is 0.378. The number of methoxy groups -OCH3 is 1. The number of hydrogen-bond acceptors (Lipinski definition) is 5. The summed E-state index contributed by atoms with van der Waals surface area (Å²) in [6, 6.07) is 3.96. The molecule has 0 amide bonds. The van der Waals surface area contributed by atoms with E-state index in [1.54, 1.807) is 0 Å². The molecule has 1 rings (SSSR count). The minimum atomic E-state index is -4.77. The minimum absolute atomic E-state index is 0.316. The lowest BCUT2D eigenvalue weighted by Gasteiger charge is -2.09. The van der Waals surface area contributed by atoms with Gasteiger partial charge >= 0.3 is 10.4 Å². The first kappa shape index (κ1) is 8.80. The lowest BCUT2D eigenvalue weighted by molar-refractivity contribution is 0.360. The first-order valence-electron chi connectivity index (χ1n) is 5.79. The Morgan fingerprint density at radius 1 is 1.50 bits per heavy atom. The van der Waals surface area contributed by atoms with Gasteiger partial charge in [0.05, 0.1) is 11.2 Å². The predicted molar refractivity (Wildman–Crippen MR) is 57.9 cm³/mol. The summed E-state index contributed by atoms with van der Waals surface area (Å²) in [7, 11) is -7.55. The molecule has 0 bridgehead atoms. The van der Waals surface area contributed by atoms with Gasteiger partial charge in [-0.05, 0) is 30.7 Å². The molecule has 0 saturated heterocycles. The number of benzene rings is 1. The zero-order chi connectivity index (χ0) is 14.7. The molecule has 6 nitrogen and oxygen atoms in total. The van der Waals surface area contributed by atoms with Crippen molar-refractivity contribution >= 4 is 10.4 Å². The van der Waals surface area contributed by atoms with Crippen molar-refractivity contribution in [2.24, 2.45) is 5.73 Å². The number of ether oxygens (including phenoxy) is 1. The highest BCUT2D eigenvalue weighted by Gasteiger charge is 2.12. The van der Waals surface area contributed by atoms with Crippen molar-refractivity contribution in [1.82, 2.24) is 0 Å². The van der Waals surface area contributed by atoms with Gasteiger partial charge in [-0.15, -0.1) is 0 Å². The van der Waals surface area contributed by atoms with Crippen molar-refractivity contribution in [3.63, 3.8) is 0 Å². The second kappa shape index (κ2) is 5.15. The second-order valence-electron chi connectivity index (χ2n) is 2.93. The number of rotatable bonds is 5. The van der Waals surface area contributed by atoms with Gasteiger partial charge in [-0.25, -0.2) is 0 Å². The fraction of sp³-hybridized carbons (Fsp3) is 0.333. The highest BCUT2D eigenvalue weighted by atomic mass is 32.3. The molecule has 90 valence electrons. The van der Waals surface area contributed by atoms with E-state index in [0.717, 1.165) is 0 Å². The fourth-order valence-corrected chi connectivity index (χ4v) is 1.50. The average molecular weight is 251 g/mol. The molecule has 0 saturated carbocycles. The van der Waals surface area contributed by atoms with Gasteiger partial charge in [0.25, 0.3) is 0 Å². The van der Waals surface area contributed by atoms with Crippen LogP contribution in [-0.2, 0) is 16.8 Å². The van der Waals surface area contributed by atoms with Crippen LogP contribution >= 0.6 is 0 Å². The van der Waals surface area contributed by atoms with Gasteiger partial charge in [0.15, 0.2) is 11.5 Å². The maximum Gasteiger partial charge on any atom is 0.446 e. The molecule has 0 aliphatic rings. The van der Waals surface area contributed by atoms with Crippen LogP contribution in [0.4, 0.5) is 0 Å². The largest absolute Gasteiger partial charge is 0.493 e. The number of hydrogen-bond donors (Lipinski definition) is 2. The molecule has 0 heterocycles. The third-order valence-corrected chi connectivity index (χ3v) is 2.14. The Balaban J connectivity index is 3.14. The molecule has 1 aromatic rings. The molecule has 0 aromatic heterocycles. The summed E-state index contributed by atoms with van der Waals surface area (Å²) >= 11 is 0. The summed E-state index contributed by atoms with van der Waals surface area (Å²) < 4.78 is 59.7. The van der Waals surface area contributed by atoms with Crippen molar-refractivity contribution in [1.29, 1.82) is 0 Å². The Bertz CT molecular complexity index is 543. The Morgan fingerprint density at radius 3 is 2.81 bits per heavy atom. The summed E-state index contributed by atoms with van der Waals surface area (Å²) in [6.45, 7) is 0.325. The topological polar surface area (TPSA) is 98.9 Å². The molecule has 3 N–H and O–H groups in total. The Labute approximate surface area is 98.1 Å². The summed E-state index contributed by atoms with van der Waals surface area (Å²) in [5.74, 6) is -0.733. The fourth-order valence-electron chi connectivity index (χ4n) is 1.14. The lowest BCUT2D eigenvalue weighted by Crippen LogP contribution is -2.08. The zero-order valence-corrected chi connectivity index (χ0v) is 9.03. The first-order chi connectivity index (χ1) is 8.61. The van der Waals surface area contributed by atoms with Crippen molar-refractivity contribution in [2.45, 2.75) is 6.42 Å². The van der Waals surface area contributed by atoms with Gasteiger partial charge in [-0.3, -0.25) is 4.55 Å². The highest BCUT2D eigenvalue weighted by Crippen LogP contribution is 2.29. The van der Waals surface area contributed by atoms with E-state index in [1.807, 2.05) is 0 Å². The molecule has 0 atom stereocenters. The maximum atomic E-state index is 10.6. The smallest absolute Gasteiger partial charge is 0.446 e. The molecule has 0 aliphatic carbocycles. The molecule has 16 heavy (non-hydrogen) atoms. The van der Waals surface area contributed by atoms with Crippen LogP contribution in [0, 0.1) is 0 Å². The molecule has 0 unspecified atom stereocenters. The van der Waals surface area contributed by atoms with Crippen molar-refractivity contribution in [2.75, 3.05) is 13.6 Å². The average Bonchev–Trinajstić information content (AvgIpc) is 2.18. The molecule has 0 spiro atoms. The maximum absolute atomic E-state index is 10.6. The summed E-state index contributed by atoms with van der Waals surface area (Å²) in [6.07, 6.45) is 0.448. The SMILES string of the molecule is [2H][13C]([2H])([2H])Oc1cc(CCN)ccc1OS(=O)(=O)O. The van der Waals surface area contributed by atoms with Crippen LogP contribution in [0.5, 0.6) is 11.5 Å². The minimum Gasteiger partial charge on any atom is -0.493 e. The molecule has 0 fully saturated rings. The Hall–Kier alpha value is -1.31. The van der Waals surface area contributed by atoms with Crippen molar-refractivity contribution < 1.29 is 26.0 Å². The van der Waals surface area contributed by atoms with Crippen LogP contribution in [0.15, 0.2) is 18.2 Å². The monoisotopic (exact) mass is 251 g/mol. The molecule has 1 aromatic carbocycles. The Morgan fingerprint density at radius 2 is 2.25 bits per heavy atom. The third kappa shape index (κ3) is 3.69. The molecule has 0 radical (unpaired) electrons. The molecule has 7 heteroatoms. The normalized spacial score (nSPS) is 14.8. The zero-order valence-electron chi connectivity index (χ0n) is 11.2. The second-order valence-corrected chi connectivity index (χ2v) is 3.96. The molecular weight excluding hydrogens is 235 g/mol. The summed E-state index contributed by atoms with van der Waals surface area (Å²) in [4.78, 5) is 0. The van der Waals surface area contributed by atoms with Gasteiger partial charge in [0.2, 0.25) is 0 Å². The van der Waals surface area contributed by atoms with E-state index >= 15 is 0 Å². The van der Waals surface area contributed by atoms with E-state index in [0.29, 0.717) is 18.5 Å². The molecular formula is C9H13NO5S. The van der Waals surface area contributed by atoms with Gasteiger partial charge in [-0.1, -0.05) is 6.07 Å². The van der Waals surface area contributed by atoms with Crippen LogP contribution in [0.25, 0.3) is 0 Å². The van der Waals surface area contributed by atoms with Crippen molar-refractivity contribution in [3.05, 3.63) is 23.8 Å². The van der Waals surface area contributed by atoms with Gasteiger partial charge < -0.3 is 14.7 Å². The van der Waals surface area contributed by atoms with E-state index < -0.39 is 23.2 Å². The van der Waals surface area contributed by atoms with E-state index in [1.165, 1.54) is 18.2 Å². The number of nitrogens with two attached hydrogens (primary N) is 1. The third-order valence-electron chi connectivity index (χ3n) is 1.75. The lowest BCUT2D eigenvalue weighted by atomic mass is 10.1. The Kier molecular flexibility index (Phi) is 2.83. The van der Waals surface area contributed by atoms with Crippen LogP contribution < -0.4 is 14.7 Å². The summed E-state index contributed by atoms with van der Waals surface area (Å²) in [5.41, 5.74) is 6.00. The van der Waals surface area contributed by atoms with Gasteiger partial charge in [-0.2, -0.15) is 8.42 Å². The van der Waals surface area contributed by atoms with Crippen molar-refractivity contribution in [3.8, 4) is 11.5 Å². The van der Waals surface area contributed by atoms with Crippen LogP contribution in [0.3, 0.4) is 0 Å². The quantitative estimate of drug-likeness (QED) is 0.579. The van der Waals surface area contributed by atoms with Gasteiger partial charge in [0, 0.05) is 0 Å². The van der Waals surface area contributed by atoms with Crippen LogP contribution in [-0.4, -0.2) is 26.6 Å².